The number of methoxy groups -OCH3 is 3. The molecule has 0 spiro atoms. The van der Waals surface area contributed by atoms with Crippen LogP contribution in [0.5, 0.6) is 17.2 Å². The van der Waals surface area contributed by atoms with Crippen molar-refractivity contribution >= 4 is 23.2 Å². The largest absolute Gasteiger partial charge is 0.493 e. The van der Waals surface area contributed by atoms with Crippen molar-refractivity contribution in [2.75, 3.05) is 21.3 Å². The molecule has 1 aromatic heterocycles. The molecular formula is C22H28N2O5S. The summed E-state index contributed by atoms with van der Waals surface area (Å²) in [7, 11) is 4.64. The lowest BCUT2D eigenvalue weighted by atomic mass is 10.1. The highest BCUT2D eigenvalue weighted by atomic mass is 32.1. The zero-order valence-electron chi connectivity index (χ0n) is 17.6. The molecule has 7 nitrogen and oxygen atoms in total. The van der Waals surface area contributed by atoms with Crippen molar-refractivity contribution in [2.24, 2.45) is 0 Å². The van der Waals surface area contributed by atoms with Crippen LogP contribution in [0.4, 0.5) is 0 Å². The van der Waals surface area contributed by atoms with Gasteiger partial charge < -0.3 is 14.2 Å². The number of benzene rings is 1. The van der Waals surface area contributed by atoms with Gasteiger partial charge in [-0.1, -0.05) is 6.42 Å². The summed E-state index contributed by atoms with van der Waals surface area (Å²) in [6, 6.07) is 5.58. The van der Waals surface area contributed by atoms with Crippen LogP contribution in [-0.4, -0.2) is 33.1 Å². The van der Waals surface area contributed by atoms with Crippen LogP contribution in [0, 0.1) is 0 Å². The summed E-state index contributed by atoms with van der Waals surface area (Å²) in [5.74, 6) is 1.05. The molecule has 1 aromatic carbocycles. The molecule has 2 N–H and O–H groups in total. The minimum atomic E-state index is -0.269. The lowest BCUT2D eigenvalue weighted by Gasteiger charge is -2.14. The SMILES string of the molecule is COc1cc(CCC(=O)NNC(=O)c2cc3c(s2)CCCCC3)cc(OC)c1OC. The maximum atomic E-state index is 12.4. The number of carbonyl (C=O) groups is 2. The lowest BCUT2D eigenvalue weighted by molar-refractivity contribution is -0.121. The summed E-state index contributed by atoms with van der Waals surface area (Å²) < 4.78 is 16.0. The van der Waals surface area contributed by atoms with Gasteiger partial charge in [-0.3, -0.25) is 20.4 Å². The fourth-order valence-corrected chi connectivity index (χ4v) is 4.72. The smallest absolute Gasteiger partial charge is 0.279 e. The van der Waals surface area contributed by atoms with Crippen LogP contribution < -0.4 is 25.1 Å². The average Bonchev–Trinajstić information content (AvgIpc) is 3.05. The van der Waals surface area contributed by atoms with Gasteiger partial charge in [0.2, 0.25) is 11.7 Å². The first-order chi connectivity index (χ1) is 14.5. The van der Waals surface area contributed by atoms with Crippen LogP contribution in [0.25, 0.3) is 0 Å². The van der Waals surface area contributed by atoms with Crippen molar-refractivity contribution in [2.45, 2.75) is 44.9 Å². The summed E-state index contributed by atoms with van der Waals surface area (Å²) in [5, 5.41) is 0. The van der Waals surface area contributed by atoms with E-state index in [-0.39, 0.29) is 18.2 Å². The number of ether oxygens (including phenoxy) is 3. The van der Waals surface area contributed by atoms with Gasteiger partial charge >= 0.3 is 0 Å². The van der Waals surface area contributed by atoms with Gasteiger partial charge in [-0.2, -0.15) is 0 Å². The first-order valence-corrected chi connectivity index (χ1v) is 10.9. The molecule has 2 amide bonds. The quantitative estimate of drug-likeness (QED) is 0.517. The fourth-order valence-electron chi connectivity index (χ4n) is 3.57. The molecule has 162 valence electrons. The Morgan fingerprint density at radius 1 is 0.933 bits per heavy atom. The first-order valence-electron chi connectivity index (χ1n) is 10.0. The topological polar surface area (TPSA) is 85.9 Å². The molecule has 1 aliphatic rings. The summed E-state index contributed by atoms with van der Waals surface area (Å²) in [6.45, 7) is 0. The third-order valence-electron chi connectivity index (χ3n) is 5.15. The van der Waals surface area contributed by atoms with E-state index < -0.39 is 0 Å². The molecule has 1 aliphatic carbocycles. The second-order valence-corrected chi connectivity index (χ2v) is 8.29. The Morgan fingerprint density at radius 2 is 1.63 bits per heavy atom. The Kier molecular flexibility index (Phi) is 7.57. The highest BCUT2D eigenvalue weighted by Gasteiger charge is 2.17. The Labute approximate surface area is 180 Å². The number of hydrogen-bond acceptors (Lipinski definition) is 6. The van der Waals surface area contributed by atoms with E-state index in [0.29, 0.717) is 28.5 Å². The Hall–Kier alpha value is -2.74. The van der Waals surface area contributed by atoms with Gasteiger partial charge in [0, 0.05) is 11.3 Å². The molecule has 1 heterocycles. The number of hydrogen-bond donors (Lipinski definition) is 2. The molecule has 0 fully saturated rings. The van der Waals surface area contributed by atoms with E-state index >= 15 is 0 Å². The molecule has 0 unspecified atom stereocenters. The highest BCUT2D eigenvalue weighted by Crippen LogP contribution is 2.38. The molecular weight excluding hydrogens is 404 g/mol. The normalized spacial score (nSPS) is 13.0. The van der Waals surface area contributed by atoms with Gasteiger partial charge in [-0.15, -0.1) is 11.3 Å². The van der Waals surface area contributed by atoms with Crippen LogP contribution in [0.15, 0.2) is 18.2 Å². The number of hydrazine groups is 1. The van der Waals surface area contributed by atoms with Crippen LogP contribution >= 0.6 is 11.3 Å². The van der Waals surface area contributed by atoms with Gasteiger partial charge in [-0.05, 0) is 61.4 Å². The zero-order valence-corrected chi connectivity index (χ0v) is 18.4. The first kappa shape index (κ1) is 22.0. The van der Waals surface area contributed by atoms with E-state index in [2.05, 4.69) is 10.9 Å². The molecule has 0 saturated heterocycles. The Balaban J connectivity index is 1.53. The number of fused-ring (bicyclic) bond motifs is 1. The lowest BCUT2D eigenvalue weighted by Crippen LogP contribution is -2.41. The third kappa shape index (κ3) is 5.24. The number of amides is 2. The molecule has 3 rings (SSSR count). The minimum absolute atomic E-state index is 0.208. The molecule has 2 aromatic rings. The van der Waals surface area contributed by atoms with Gasteiger partial charge in [0.1, 0.15) is 0 Å². The molecule has 0 radical (unpaired) electrons. The second kappa shape index (κ2) is 10.3. The number of nitrogens with one attached hydrogen (secondary N) is 2. The van der Waals surface area contributed by atoms with Gasteiger partial charge in [-0.25, -0.2) is 0 Å². The van der Waals surface area contributed by atoms with Crippen LogP contribution in [0.3, 0.4) is 0 Å². The van der Waals surface area contributed by atoms with E-state index in [1.807, 2.05) is 18.2 Å². The van der Waals surface area contributed by atoms with E-state index in [1.54, 1.807) is 21.3 Å². The number of aryl methyl sites for hydroxylation is 3. The second-order valence-electron chi connectivity index (χ2n) is 7.16. The third-order valence-corrected chi connectivity index (χ3v) is 6.39. The average molecular weight is 433 g/mol. The molecule has 8 heteroatoms. The van der Waals surface area contributed by atoms with Crippen molar-refractivity contribution in [1.82, 2.24) is 10.9 Å². The van der Waals surface area contributed by atoms with Crippen LogP contribution in [0.1, 0.15) is 51.4 Å². The Morgan fingerprint density at radius 3 is 2.30 bits per heavy atom. The number of carbonyl (C=O) groups excluding carboxylic acids is 2. The number of thiophene rings is 1. The van der Waals surface area contributed by atoms with Crippen molar-refractivity contribution in [1.29, 1.82) is 0 Å². The van der Waals surface area contributed by atoms with Crippen molar-refractivity contribution in [3.8, 4) is 17.2 Å². The molecule has 0 saturated carbocycles. The predicted molar refractivity (Wildman–Crippen MR) is 116 cm³/mol. The van der Waals surface area contributed by atoms with E-state index in [1.165, 1.54) is 41.0 Å². The minimum Gasteiger partial charge on any atom is -0.493 e. The van der Waals surface area contributed by atoms with E-state index in [9.17, 15) is 9.59 Å². The zero-order chi connectivity index (χ0) is 21.5. The summed E-state index contributed by atoms with van der Waals surface area (Å²) in [5.41, 5.74) is 7.17. The monoisotopic (exact) mass is 432 g/mol. The van der Waals surface area contributed by atoms with Crippen molar-refractivity contribution < 1.29 is 23.8 Å². The van der Waals surface area contributed by atoms with E-state index in [4.69, 9.17) is 14.2 Å². The van der Waals surface area contributed by atoms with Crippen molar-refractivity contribution in [3.63, 3.8) is 0 Å². The van der Waals surface area contributed by atoms with E-state index in [0.717, 1.165) is 18.4 Å². The molecule has 0 bridgehead atoms. The molecule has 0 atom stereocenters. The number of rotatable bonds is 7. The molecule has 30 heavy (non-hydrogen) atoms. The summed E-state index contributed by atoms with van der Waals surface area (Å²) in [4.78, 5) is 26.6. The summed E-state index contributed by atoms with van der Waals surface area (Å²) in [6.07, 6.45) is 6.32. The molecule has 0 aliphatic heterocycles. The van der Waals surface area contributed by atoms with Gasteiger partial charge in [0.25, 0.3) is 5.91 Å². The summed E-state index contributed by atoms with van der Waals surface area (Å²) >= 11 is 1.53. The van der Waals surface area contributed by atoms with Crippen molar-refractivity contribution in [3.05, 3.63) is 39.1 Å². The van der Waals surface area contributed by atoms with Crippen LogP contribution in [-0.2, 0) is 24.1 Å². The maximum Gasteiger partial charge on any atom is 0.279 e. The predicted octanol–water partition coefficient (Wildman–Crippen LogP) is 3.44. The standard InChI is InChI=1S/C22H28N2O5S/c1-27-16-11-14(12-17(28-2)21(16)29-3)9-10-20(25)23-24-22(26)19-13-15-7-5-4-6-8-18(15)30-19/h11-13H,4-10H2,1-3H3,(H,23,25)(H,24,26). The maximum absolute atomic E-state index is 12.4. The van der Waals surface area contributed by atoms with Gasteiger partial charge in [0.05, 0.1) is 26.2 Å². The van der Waals surface area contributed by atoms with Crippen LogP contribution in [0.2, 0.25) is 0 Å². The Bertz CT molecular complexity index is 860. The fraction of sp³-hybridized carbons (Fsp3) is 0.455. The highest BCUT2D eigenvalue weighted by molar-refractivity contribution is 7.14. The van der Waals surface area contributed by atoms with Gasteiger partial charge in [0.15, 0.2) is 11.5 Å².